The molecule has 2 aliphatic carbocycles. The van der Waals surface area contributed by atoms with E-state index in [1.165, 1.54) is 29.3 Å². The van der Waals surface area contributed by atoms with Gasteiger partial charge in [-0.3, -0.25) is 14.9 Å². The molecule has 2 saturated carbocycles. The summed E-state index contributed by atoms with van der Waals surface area (Å²) >= 11 is 0. The number of nitrogens with zero attached hydrogens (tertiary/aromatic N) is 2. The van der Waals surface area contributed by atoms with Crippen LogP contribution in [0.3, 0.4) is 0 Å². The molecule has 0 N–H and O–H groups in total. The van der Waals surface area contributed by atoms with Gasteiger partial charge in [0.2, 0.25) is 0 Å². The first-order chi connectivity index (χ1) is 14.6. The third-order valence-corrected chi connectivity index (χ3v) is 7.13. The Balaban J connectivity index is 1.67. The Bertz CT molecular complexity index is 1070. The quantitative estimate of drug-likeness (QED) is 0.381. The second-order valence-electron chi connectivity index (χ2n) is 8.90. The van der Waals surface area contributed by atoms with Gasteiger partial charge >= 0.3 is 5.97 Å². The number of hydrogen-bond acceptors (Lipinski definition) is 6. The summed E-state index contributed by atoms with van der Waals surface area (Å²) < 4.78 is 0. The number of hydroxylamine groups is 1. The average molecular weight is 420 g/mol. The van der Waals surface area contributed by atoms with Gasteiger partial charge in [0.15, 0.2) is 5.78 Å². The molecule has 2 aromatic rings. The number of non-ortho nitro benzene ring substituents is 1. The van der Waals surface area contributed by atoms with E-state index < -0.39 is 16.3 Å². The van der Waals surface area contributed by atoms with E-state index >= 15 is 0 Å². The molecule has 160 valence electrons. The number of Topliss-reactive ketones (excluding diaryl/α,β-unsaturated/α-hetero) is 1. The first-order valence-corrected chi connectivity index (χ1v) is 10.2. The van der Waals surface area contributed by atoms with Gasteiger partial charge in [-0.2, -0.15) is 5.06 Å². The summed E-state index contributed by atoms with van der Waals surface area (Å²) in [7, 11) is 0. The lowest BCUT2D eigenvalue weighted by molar-refractivity contribution is -0.384. The van der Waals surface area contributed by atoms with Crippen LogP contribution in [0.1, 0.15) is 44.0 Å². The lowest BCUT2D eigenvalue weighted by atomic mass is 9.70. The Morgan fingerprint density at radius 3 is 2.32 bits per heavy atom. The molecule has 0 saturated heterocycles. The second kappa shape index (κ2) is 7.34. The molecule has 2 fully saturated rings. The molecule has 7 nitrogen and oxygen atoms in total. The van der Waals surface area contributed by atoms with Gasteiger partial charge in [-0.25, -0.2) is 4.79 Å². The maximum Gasteiger partial charge on any atom is 0.363 e. The minimum Gasteiger partial charge on any atom is -0.331 e. The fourth-order valence-corrected chi connectivity index (χ4v) is 4.79. The van der Waals surface area contributed by atoms with Crippen LogP contribution in [0.15, 0.2) is 66.4 Å². The average Bonchev–Trinajstić information content (AvgIpc) is 3.07. The normalized spacial score (nSPS) is 24.9. The topological polar surface area (TPSA) is 89.8 Å². The number of para-hydroxylation sites is 1. The van der Waals surface area contributed by atoms with Crippen LogP contribution in [-0.4, -0.2) is 16.7 Å². The molecule has 4 rings (SSSR count). The van der Waals surface area contributed by atoms with Gasteiger partial charge in [-0.1, -0.05) is 39.0 Å². The zero-order chi connectivity index (χ0) is 22.4. The third-order valence-electron chi connectivity index (χ3n) is 7.13. The molecule has 2 aliphatic rings. The van der Waals surface area contributed by atoms with Crippen molar-refractivity contribution in [1.82, 2.24) is 0 Å². The Morgan fingerprint density at radius 2 is 1.77 bits per heavy atom. The predicted octanol–water partition coefficient (Wildman–Crippen LogP) is 5.08. The number of carbonyl (C=O) groups is 2. The molecule has 0 spiro atoms. The van der Waals surface area contributed by atoms with Crippen LogP contribution in [0.2, 0.25) is 0 Å². The molecule has 2 atom stereocenters. The van der Waals surface area contributed by atoms with E-state index in [1.807, 2.05) is 25.1 Å². The molecule has 0 radical (unpaired) electrons. The SMILES string of the molecule is CC1(C)[C@H]2CC[C@@]1(C)C(=O)C2=CN(OC(=O)c1ccc([N+](=O)[O-])cc1)c1ccccc1. The number of nitro groups is 1. The van der Waals surface area contributed by atoms with E-state index in [0.29, 0.717) is 11.3 Å². The second-order valence-corrected chi connectivity index (χ2v) is 8.90. The van der Waals surface area contributed by atoms with Crippen molar-refractivity contribution in [3.05, 3.63) is 82.0 Å². The molecule has 7 heteroatoms. The van der Waals surface area contributed by atoms with Crippen LogP contribution in [0.4, 0.5) is 11.4 Å². The zero-order valence-electron chi connectivity index (χ0n) is 17.7. The number of allylic oxidation sites excluding steroid dienone is 1. The van der Waals surface area contributed by atoms with Crippen molar-refractivity contribution in [1.29, 1.82) is 0 Å². The highest BCUT2D eigenvalue weighted by Crippen LogP contribution is 2.65. The van der Waals surface area contributed by atoms with E-state index in [9.17, 15) is 19.7 Å². The van der Waals surface area contributed by atoms with E-state index in [-0.39, 0.29) is 28.4 Å². The van der Waals surface area contributed by atoms with E-state index in [4.69, 9.17) is 4.84 Å². The fourth-order valence-electron chi connectivity index (χ4n) is 4.79. The van der Waals surface area contributed by atoms with Crippen molar-refractivity contribution in [2.75, 3.05) is 5.06 Å². The van der Waals surface area contributed by atoms with E-state index in [0.717, 1.165) is 12.8 Å². The van der Waals surface area contributed by atoms with Gasteiger partial charge in [-0.05, 0) is 48.4 Å². The van der Waals surface area contributed by atoms with Crippen LogP contribution in [0.25, 0.3) is 0 Å². The van der Waals surface area contributed by atoms with Gasteiger partial charge in [0.25, 0.3) is 5.69 Å². The van der Waals surface area contributed by atoms with Gasteiger partial charge in [-0.15, -0.1) is 0 Å². The predicted molar refractivity (Wildman–Crippen MR) is 115 cm³/mol. The molecule has 2 bridgehead atoms. The molecule has 0 amide bonds. The molecular weight excluding hydrogens is 396 g/mol. The highest BCUT2D eigenvalue weighted by molar-refractivity contribution is 6.05. The number of benzene rings is 2. The largest absolute Gasteiger partial charge is 0.363 e. The first-order valence-electron chi connectivity index (χ1n) is 10.2. The molecule has 0 unspecified atom stereocenters. The molecule has 0 aliphatic heterocycles. The Kier molecular flexibility index (Phi) is 4.92. The van der Waals surface area contributed by atoms with Crippen LogP contribution in [0, 0.1) is 26.9 Å². The molecule has 2 aromatic carbocycles. The van der Waals surface area contributed by atoms with Crippen molar-refractivity contribution in [3.8, 4) is 0 Å². The van der Waals surface area contributed by atoms with Crippen LogP contribution < -0.4 is 5.06 Å². The third kappa shape index (κ3) is 3.30. The smallest absolute Gasteiger partial charge is 0.331 e. The van der Waals surface area contributed by atoms with Crippen LogP contribution >= 0.6 is 0 Å². The van der Waals surface area contributed by atoms with Crippen molar-refractivity contribution in [2.24, 2.45) is 16.7 Å². The number of anilines is 1. The fraction of sp³-hybridized carbons (Fsp3) is 0.333. The van der Waals surface area contributed by atoms with Crippen molar-refractivity contribution in [2.45, 2.75) is 33.6 Å². The zero-order valence-corrected chi connectivity index (χ0v) is 17.7. The summed E-state index contributed by atoms with van der Waals surface area (Å²) in [6.07, 6.45) is 3.41. The first kappa shape index (κ1) is 20.8. The monoisotopic (exact) mass is 420 g/mol. The number of nitro benzene ring substituents is 1. The highest BCUT2D eigenvalue weighted by atomic mass is 16.7. The number of fused-ring (bicyclic) bond motifs is 2. The van der Waals surface area contributed by atoms with E-state index in [2.05, 4.69) is 13.8 Å². The number of rotatable bonds is 5. The van der Waals surface area contributed by atoms with Crippen molar-refractivity contribution < 1.29 is 19.3 Å². The van der Waals surface area contributed by atoms with Crippen molar-refractivity contribution >= 4 is 23.1 Å². The number of hydrogen-bond donors (Lipinski definition) is 0. The van der Waals surface area contributed by atoms with Gasteiger partial charge in [0, 0.05) is 23.1 Å². The summed E-state index contributed by atoms with van der Waals surface area (Å²) in [6.45, 7) is 6.27. The molecule has 0 aromatic heterocycles. The van der Waals surface area contributed by atoms with Gasteiger partial charge in [0.1, 0.15) is 0 Å². The van der Waals surface area contributed by atoms with Crippen molar-refractivity contribution in [3.63, 3.8) is 0 Å². The Morgan fingerprint density at radius 1 is 1.13 bits per heavy atom. The summed E-state index contributed by atoms with van der Waals surface area (Å²) in [5, 5.41) is 12.2. The Hall–Kier alpha value is -3.48. The maximum atomic E-state index is 13.2. The Labute approximate surface area is 180 Å². The number of carbonyl (C=O) groups excluding carboxylic acids is 2. The standard InChI is InChI=1S/C24H24N2O5/c1-23(2)20-13-14-24(23,3)21(27)19(20)15-25(17-7-5-4-6-8-17)31-22(28)16-9-11-18(12-10-16)26(29)30/h4-12,15,20H,13-14H2,1-3H3/t20-,24-/m0/s1. The lowest BCUT2D eigenvalue weighted by Gasteiger charge is -2.31. The highest BCUT2D eigenvalue weighted by Gasteiger charge is 2.64. The molecule has 0 heterocycles. The summed E-state index contributed by atoms with van der Waals surface area (Å²) in [6, 6.07) is 14.3. The van der Waals surface area contributed by atoms with Gasteiger partial charge in [0.05, 0.1) is 22.4 Å². The van der Waals surface area contributed by atoms with Crippen LogP contribution in [-0.2, 0) is 9.63 Å². The molecule has 31 heavy (non-hydrogen) atoms. The summed E-state index contributed by atoms with van der Waals surface area (Å²) in [5.74, 6) is -0.480. The van der Waals surface area contributed by atoms with Crippen LogP contribution in [0.5, 0.6) is 0 Å². The van der Waals surface area contributed by atoms with Gasteiger partial charge < -0.3 is 4.84 Å². The molecular formula is C24H24N2O5. The lowest BCUT2D eigenvalue weighted by Crippen LogP contribution is -2.32. The minimum atomic E-state index is -0.670. The summed E-state index contributed by atoms with van der Waals surface area (Å²) in [5.41, 5.74) is 0.746. The summed E-state index contributed by atoms with van der Waals surface area (Å²) in [4.78, 5) is 42.0. The minimum absolute atomic E-state index is 0.0919. The maximum absolute atomic E-state index is 13.2. The number of ketones is 1. The van der Waals surface area contributed by atoms with E-state index in [1.54, 1.807) is 18.3 Å².